The van der Waals surface area contributed by atoms with E-state index in [0.717, 1.165) is 0 Å². The number of anilines is 1. The molecule has 0 spiro atoms. The zero-order valence-corrected chi connectivity index (χ0v) is 8.97. The Morgan fingerprint density at radius 1 is 1.50 bits per heavy atom. The Morgan fingerprint density at radius 2 is 2.12 bits per heavy atom. The Kier molecular flexibility index (Phi) is 2.27. The van der Waals surface area contributed by atoms with Crippen molar-refractivity contribution < 1.29 is 15.0 Å². The second kappa shape index (κ2) is 3.38. The number of hydrogen-bond acceptors (Lipinski definition) is 4. The van der Waals surface area contributed by atoms with Crippen LogP contribution in [0.2, 0.25) is 0 Å². The molecule has 1 aromatic rings. The van der Waals surface area contributed by atoms with Gasteiger partial charge in [0.25, 0.3) is 5.91 Å². The lowest BCUT2D eigenvalue weighted by Gasteiger charge is -2.44. The predicted octanol–water partition coefficient (Wildman–Crippen LogP) is 0.181. The number of para-hydroxylation sites is 1. The molecule has 1 heterocycles. The fourth-order valence-electron chi connectivity index (χ4n) is 1.82. The minimum absolute atomic E-state index is 0.176. The number of β-amino-alcohol motifs (C(OH)–C–C–N with tert-alkyl or cyclic N) is 1. The Bertz CT molecular complexity index is 435. The number of carbonyl (C=O) groups is 1. The summed E-state index contributed by atoms with van der Waals surface area (Å²) in [5.74, 6) is -0.504. The fraction of sp³-hybridized carbons (Fsp3) is 0.364. The van der Waals surface area contributed by atoms with Gasteiger partial charge in [-0.25, -0.2) is 0 Å². The first-order chi connectivity index (χ1) is 7.41. The summed E-state index contributed by atoms with van der Waals surface area (Å²) in [5, 5.41) is 19.2. The van der Waals surface area contributed by atoms with Gasteiger partial charge in [-0.15, -0.1) is 0 Å². The first-order valence-corrected chi connectivity index (χ1v) is 5.00. The molecule has 0 aliphatic carbocycles. The van der Waals surface area contributed by atoms with Crippen molar-refractivity contribution in [1.29, 1.82) is 0 Å². The molecular weight excluding hydrogens is 208 g/mol. The molecule has 1 fully saturated rings. The molecule has 0 saturated carbocycles. The lowest BCUT2D eigenvalue weighted by Crippen LogP contribution is -2.61. The van der Waals surface area contributed by atoms with Gasteiger partial charge in [0.05, 0.1) is 29.9 Å². The lowest BCUT2D eigenvalue weighted by atomic mass is 9.95. The van der Waals surface area contributed by atoms with Crippen LogP contribution in [0.1, 0.15) is 17.3 Å². The standard InChI is InChI=1S/C11H14N2O3/c1-11(16)5-13(6-11)10(15)7-3-2-4-8(12)9(7)14/h2-4,14,16H,5-6,12H2,1H3. The van der Waals surface area contributed by atoms with Crippen molar-refractivity contribution in [1.82, 2.24) is 4.90 Å². The smallest absolute Gasteiger partial charge is 0.257 e. The molecule has 0 aromatic heterocycles. The Hall–Kier alpha value is -1.75. The monoisotopic (exact) mass is 222 g/mol. The molecule has 0 radical (unpaired) electrons. The average Bonchev–Trinajstić information content (AvgIpc) is 2.17. The quantitative estimate of drug-likeness (QED) is 0.467. The average molecular weight is 222 g/mol. The maximum atomic E-state index is 11.9. The van der Waals surface area contributed by atoms with E-state index in [1.54, 1.807) is 13.0 Å². The first kappa shape index (κ1) is 10.8. The van der Waals surface area contributed by atoms with Crippen LogP contribution >= 0.6 is 0 Å². The van der Waals surface area contributed by atoms with Crippen LogP contribution in [0.5, 0.6) is 5.75 Å². The lowest BCUT2D eigenvalue weighted by molar-refractivity contribution is -0.0669. The van der Waals surface area contributed by atoms with E-state index in [9.17, 15) is 15.0 Å². The van der Waals surface area contributed by atoms with Crippen molar-refractivity contribution in [3.05, 3.63) is 23.8 Å². The van der Waals surface area contributed by atoms with Gasteiger partial charge in [-0.1, -0.05) is 6.07 Å². The molecule has 1 aliphatic rings. The third kappa shape index (κ3) is 1.69. The number of phenols is 1. The van der Waals surface area contributed by atoms with Gasteiger partial charge in [-0.2, -0.15) is 0 Å². The van der Waals surface area contributed by atoms with Crippen molar-refractivity contribution in [2.75, 3.05) is 18.8 Å². The molecule has 5 nitrogen and oxygen atoms in total. The second-order valence-corrected chi connectivity index (χ2v) is 4.40. The number of aromatic hydroxyl groups is 1. The van der Waals surface area contributed by atoms with Crippen LogP contribution < -0.4 is 5.73 Å². The highest BCUT2D eigenvalue weighted by molar-refractivity contribution is 5.99. The largest absolute Gasteiger partial charge is 0.505 e. The molecule has 5 heteroatoms. The maximum Gasteiger partial charge on any atom is 0.257 e. The maximum absolute atomic E-state index is 11.9. The summed E-state index contributed by atoms with van der Waals surface area (Å²) >= 11 is 0. The van der Waals surface area contributed by atoms with Crippen LogP contribution in [0.25, 0.3) is 0 Å². The molecule has 2 rings (SSSR count). The number of nitrogen functional groups attached to an aromatic ring is 1. The van der Waals surface area contributed by atoms with Crippen molar-refractivity contribution >= 4 is 11.6 Å². The van der Waals surface area contributed by atoms with E-state index in [1.807, 2.05) is 0 Å². The van der Waals surface area contributed by atoms with Gasteiger partial charge in [0, 0.05) is 0 Å². The van der Waals surface area contributed by atoms with Crippen LogP contribution in [0.15, 0.2) is 18.2 Å². The highest BCUT2D eigenvalue weighted by Crippen LogP contribution is 2.29. The molecule has 86 valence electrons. The topological polar surface area (TPSA) is 86.8 Å². The number of amides is 1. The third-order valence-electron chi connectivity index (χ3n) is 2.65. The van der Waals surface area contributed by atoms with Gasteiger partial charge in [0.15, 0.2) is 5.75 Å². The number of nitrogens with two attached hydrogens (primary N) is 1. The summed E-state index contributed by atoms with van der Waals surface area (Å²) in [6.45, 7) is 2.22. The number of phenolic OH excluding ortho intramolecular Hbond substituents is 1. The van der Waals surface area contributed by atoms with Crippen molar-refractivity contribution in [2.24, 2.45) is 0 Å². The van der Waals surface area contributed by atoms with Crippen LogP contribution in [0, 0.1) is 0 Å². The van der Waals surface area contributed by atoms with Gasteiger partial charge in [0.1, 0.15) is 0 Å². The van der Waals surface area contributed by atoms with Gasteiger partial charge < -0.3 is 20.8 Å². The number of rotatable bonds is 1. The number of hydrogen-bond donors (Lipinski definition) is 3. The number of carbonyl (C=O) groups excluding carboxylic acids is 1. The minimum atomic E-state index is -0.814. The molecule has 0 unspecified atom stereocenters. The van der Waals surface area contributed by atoms with E-state index in [2.05, 4.69) is 0 Å². The summed E-state index contributed by atoms with van der Waals surface area (Å²) in [5.41, 5.74) is 5.04. The predicted molar refractivity (Wildman–Crippen MR) is 59.0 cm³/mol. The SMILES string of the molecule is CC1(O)CN(C(=O)c2cccc(N)c2O)C1. The van der Waals surface area contributed by atoms with E-state index in [-0.39, 0.29) is 36.0 Å². The van der Waals surface area contributed by atoms with E-state index in [1.165, 1.54) is 17.0 Å². The highest BCUT2D eigenvalue weighted by atomic mass is 16.3. The van der Waals surface area contributed by atoms with E-state index < -0.39 is 5.60 Å². The molecule has 4 N–H and O–H groups in total. The number of benzene rings is 1. The number of likely N-dealkylation sites (tertiary alicyclic amines) is 1. The van der Waals surface area contributed by atoms with E-state index in [0.29, 0.717) is 0 Å². The molecule has 1 aromatic carbocycles. The summed E-state index contributed by atoms with van der Waals surface area (Å²) in [6.07, 6.45) is 0. The normalized spacial score (nSPS) is 18.0. The van der Waals surface area contributed by atoms with Gasteiger partial charge >= 0.3 is 0 Å². The Labute approximate surface area is 93.1 Å². The van der Waals surface area contributed by atoms with Gasteiger partial charge in [-0.05, 0) is 19.1 Å². The van der Waals surface area contributed by atoms with E-state index in [4.69, 9.17) is 5.73 Å². The van der Waals surface area contributed by atoms with Crippen molar-refractivity contribution in [2.45, 2.75) is 12.5 Å². The zero-order valence-electron chi connectivity index (χ0n) is 8.97. The van der Waals surface area contributed by atoms with Gasteiger partial charge in [-0.3, -0.25) is 4.79 Å². The van der Waals surface area contributed by atoms with Crippen LogP contribution in [0.3, 0.4) is 0 Å². The van der Waals surface area contributed by atoms with Crippen molar-refractivity contribution in [3.8, 4) is 5.75 Å². The van der Waals surface area contributed by atoms with Crippen molar-refractivity contribution in [3.63, 3.8) is 0 Å². The fourth-order valence-corrected chi connectivity index (χ4v) is 1.82. The van der Waals surface area contributed by atoms with E-state index >= 15 is 0 Å². The summed E-state index contributed by atoms with van der Waals surface area (Å²) in [6, 6.07) is 4.65. The third-order valence-corrected chi connectivity index (χ3v) is 2.65. The molecule has 0 atom stereocenters. The summed E-state index contributed by atoms with van der Waals surface area (Å²) < 4.78 is 0. The number of nitrogens with zero attached hydrogens (tertiary/aromatic N) is 1. The van der Waals surface area contributed by atoms with Crippen LogP contribution in [-0.4, -0.2) is 39.7 Å². The van der Waals surface area contributed by atoms with Crippen LogP contribution in [-0.2, 0) is 0 Å². The highest BCUT2D eigenvalue weighted by Gasteiger charge is 2.40. The Morgan fingerprint density at radius 3 is 2.69 bits per heavy atom. The number of aliphatic hydroxyl groups is 1. The summed E-state index contributed by atoms with van der Waals surface area (Å²) in [7, 11) is 0. The van der Waals surface area contributed by atoms with Gasteiger partial charge in [0.2, 0.25) is 0 Å². The molecule has 1 amide bonds. The first-order valence-electron chi connectivity index (χ1n) is 5.00. The molecule has 0 bridgehead atoms. The molecule has 1 aliphatic heterocycles. The molecular formula is C11H14N2O3. The minimum Gasteiger partial charge on any atom is -0.505 e. The Balaban J connectivity index is 2.20. The molecule has 1 saturated heterocycles. The molecule has 16 heavy (non-hydrogen) atoms. The zero-order chi connectivity index (χ0) is 11.9. The second-order valence-electron chi connectivity index (χ2n) is 4.40. The summed E-state index contributed by atoms with van der Waals surface area (Å²) in [4.78, 5) is 13.4. The van der Waals surface area contributed by atoms with Crippen LogP contribution in [0.4, 0.5) is 5.69 Å².